The van der Waals surface area contributed by atoms with Gasteiger partial charge < -0.3 is 18.8 Å². The summed E-state index contributed by atoms with van der Waals surface area (Å²) in [6, 6.07) is 19.7. The maximum Gasteiger partial charge on any atom is 0.534 e. The number of methoxy groups -OCH3 is 2. The second kappa shape index (κ2) is 17.4. The third kappa shape index (κ3) is 10.0. The third-order valence-electron chi connectivity index (χ3n) is 8.02. The lowest BCUT2D eigenvalue weighted by molar-refractivity contribution is -0.142. The molecule has 0 amide bonds. The highest BCUT2D eigenvalue weighted by atomic mass is 35.5. The molecule has 0 saturated heterocycles. The molecule has 6 aromatic rings. The van der Waals surface area contributed by atoms with E-state index < -0.39 is 62.6 Å². The van der Waals surface area contributed by atoms with Crippen molar-refractivity contribution < 1.29 is 76.3 Å². The van der Waals surface area contributed by atoms with E-state index in [1.807, 2.05) is 0 Å². The van der Waals surface area contributed by atoms with Gasteiger partial charge in [-0.25, -0.2) is 19.0 Å². The van der Waals surface area contributed by atoms with E-state index in [9.17, 15) is 62.6 Å². The number of hydrogen-bond acceptors (Lipinski definition) is 10. The zero-order valence-corrected chi connectivity index (χ0v) is 32.7. The van der Waals surface area contributed by atoms with E-state index in [0.717, 1.165) is 41.8 Å². The molecule has 6 rings (SSSR count). The Kier molecular flexibility index (Phi) is 13.1. The van der Waals surface area contributed by atoms with Crippen molar-refractivity contribution in [3.8, 4) is 45.4 Å². The predicted molar refractivity (Wildman–Crippen MR) is 198 cm³/mol. The third-order valence-corrected chi connectivity index (χ3v) is 9.63. The molecule has 0 aliphatic carbocycles. The number of hydrogen-bond donors (Lipinski definition) is 1. The Bertz CT molecular complexity index is 2740. The molecular formula is C37H23Cl2F9N4O8S. The number of aromatic nitrogens is 4. The summed E-state index contributed by atoms with van der Waals surface area (Å²) in [6.07, 6.45) is -9.56. The number of aromatic hydroxyl groups is 1. The normalized spacial score (nSPS) is 12.0. The molecule has 2 aromatic heterocycles. The number of alkyl halides is 9. The first kappa shape index (κ1) is 45.8. The number of carbonyl (C=O) groups excluding carboxylic acids is 2. The molecular weight excluding hydrogens is 902 g/mol. The van der Waals surface area contributed by atoms with Gasteiger partial charge in [-0.05, 0) is 72.8 Å². The Morgan fingerprint density at radius 3 is 1.44 bits per heavy atom. The fourth-order valence-electron chi connectivity index (χ4n) is 5.23. The number of phenols is 1. The van der Waals surface area contributed by atoms with Crippen LogP contribution in [0.1, 0.15) is 32.1 Å². The largest absolute Gasteiger partial charge is 0.534 e. The maximum absolute atomic E-state index is 13.4. The highest BCUT2D eigenvalue weighted by molar-refractivity contribution is 7.88. The summed E-state index contributed by atoms with van der Waals surface area (Å²) < 4.78 is 156. The van der Waals surface area contributed by atoms with Gasteiger partial charge in [0.15, 0.2) is 17.1 Å². The molecule has 0 aliphatic rings. The number of para-hydroxylation sites is 2. The zero-order valence-electron chi connectivity index (χ0n) is 30.4. The summed E-state index contributed by atoms with van der Waals surface area (Å²) in [6.45, 7) is 0. The summed E-state index contributed by atoms with van der Waals surface area (Å²) in [4.78, 5) is 23.9. The lowest BCUT2D eigenvalue weighted by Gasteiger charge is -2.14. The van der Waals surface area contributed by atoms with Crippen LogP contribution in [0.5, 0.6) is 11.5 Å². The van der Waals surface area contributed by atoms with Crippen LogP contribution < -0.4 is 4.18 Å². The molecule has 0 unspecified atom stereocenters. The molecule has 322 valence electrons. The molecule has 24 heteroatoms. The van der Waals surface area contributed by atoms with Gasteiger partial charge in [0.05, 0.1) is 47.0 Å². The second-order valence-corrected chi connectivity index (χ2v) is 14.3. The quantitative estimate of drug-likeness (QED) is 0.0676. The Hall–Kier alpha value is -6.26. The van der Waals surface area contributed by atoms with Crippen LogP contribution in [0.15, 0.2) is 97.1 Å². The lowest BCUT2D eigenvalue weighted by atomic mass is 10.1. The van der Waals surface area contributed by atoms with Crippen LogP contribution >= 0.6 is 23.2 Å². The Morgan fingerprint density at radius 1 is 0.623 bits per heavy atom. The Balaban J connectivity index is 0.000000237. The second-order valence-electron chi connectivity index (χ2n) is 12.0. The van der Waals surface area contributed by atoms with Crippen LogP contribution in [0.3, 0.4) is 0 Å². The van der Waals surface area contributed by atoms with E-state index in [1.165, 1.54) is 54.6 Å². The summed E-state index contributed by atoms with van der Waals surface area (Å²) in [5, 5.41) is 17.2. The molecule has 0 spiro atoms. The smallest absolute Gasteiger partial charge is 0.507 e. The Morgan fingerprint density at radius 2 is 1.03 bits per heavy atom. The van der Waals surface area contributed by atoms with E-state index in [2.05, 4.69) is 23.9 Å². The number of benzene rings is 4. The first-order valence-corrected chi connectivity index (χ1v) is 18.5. The van der Waals surface area contributed by atoms with Crippen LogP contribution in [0.2, 0.25) is 10.0 Å². The molecule has 0 radical (unpaired) electrons. The average molecular weight is 926 g/mol. The van der Waals surface area contributed by atoms with Gasteiger partial charge in [-0.1, -0.05) is 47.5 Å². The number of esters is 2. The molecule has 12 nitrogen and oxygen atoms in total. The van der Waals surface area contributed by atoms with Crippen molar-refractivity contribution in [1.29, 1.82) is 0 Å². The highest BCUT2D eigenvalue weighted by Crippen LogP contribution is 2.39. The molecule has 0 saturated carbocycles. The Labute approximate surface area is 347 Å². The zero-order chi connectivity index (χ0) is 45.2. The number of halogens is 11. The van der Waals surface area contributed by atoms with E-state index in [0.29, 0.717) is 12.1 Å². The first-order chi connectivity index (χ1) is 28.4. The van der Waals surface area contributed by atoms with E-state index in [-0.39, 0.29) is 55.2 Å². The van der Waals surface area contributed by atoms with Gasteiger partial charge in [0.25, 0.3) is 0 Å². The topological polar surface area (TPSA) is 152 Å². The van der Waals surface area contributed by atoms with Crippen LogP contribution in [-0.2, 0) is 31.9 Å². The van der Waals surface area contributed by atoms with Crippen LogP contribution in [-0.4, -0.2) is 64.8 Å². The summed E-state index contributed by atoms with van der Waals surface area (Å²) in [5.74, 6) is -3.54. The minimum Gasteiger partial charge on any atom is -0.507 e. The van der Waals surface area contributed by atoms with E-state index in [4.69, 9.17) is 23.2 Å². The van der Waals surface area contributed by atoms with Gasteiger partial charge in [-0.15, -0.1) is 0 Å². The molecule has 1 N–H and O–H groups in total. The molecule has 61 heavy (non-hydrogen) atoms. The minimum absolute atomic E-state index is 0.0185. The monoisotopic (exact) mass is 924 g/mol. The van der Waals surface area contributed by atoms with Gasteiger partial charge in [-0.2, -0.15) is 58.1 Å². The molecule has 0 aliphatic heterocycles. The van der Waals surface area contributed by atoms with Gasteiger partial charge in [-0.3, -0.25) is 0 Å². The van der Waals surface area contributed by atoms with Crippen LogP contribution in [0, 0.1) is 0 Å². The van der Waals surface area contributed by atoms with Crippen molar-refractivity contribution in [3.05, 3.63) is 130 Å². The SMILES string of the molecule is COC(=O)c1cc(-c2cc(C(F)(F)F)nn2-c2ccccc2Cl)ccc1O.COC(=O)c1cc(-c2cc(C(F)(F)F)nn2-c2ccccc2Cl)ccc1OS(=O)(=O)C(F)(F)F. The van der Waals surface area contributed by atoms with Crippen molar-refractivity contribution in [2.45, 2.75) is 17.9 Å². The number of carbonyl (C=O) groups is 2. The van der Waals surface area contributed by atoms with Gasteiger partial charge in [0.1, 0.15) is 16.9 Å². The van der Waals surface area contributed by atoms with E-state index >= 15 is 0 Å². The molecule has 2 heterocycles. The summed E-state index contributed by atoms with van der Waals surface area (Å²) in [7, 11) is -4.17. The standard InChI is InChI=1S/C19H11ClF6N2O5S.C18H12ClF3N2O3/c1-32-17(29)11-8-10(6-7-15(11)33-34(30,31)19(24,25)26)14-9-16(18(21,22)23)27-28(14)13-5-3-2-4-12(13)20;1-27-17(26)11-8-10(6-7-15(11)25)14-9-16(18(20,21)22)23-24(14)13-5-3-2-4-12(13)19/h2-9H,1H3;2-9,25H,1H3. The number of ether oxygens (including phenoxy) is 2. The van der Waals surface area contributed by atoms with Crippen LogP contribution in [0.25, 0.3) is 33.9 Å². The van der Waals surface area contributed by atoms with Gasteiger partial charge >= 0.3 is 39.9 Å². The summed E-state index contributed by atoms with van der Waals surface area (Å²) in [5.41, 5.74) is -9.15. The average Bonchev–Trinajstić information content (AvgIpc) is 3.85. The van der Waals surface area contributed by atoms with Crippen molar-refractivity contribution in [3.63, 3.8) is 0 Å². The molecule has 0 atom stereocenters. The van der Waals surface area contributed by atoms with Crippen molar-refractivity contribution in [1.82, 2.24) is 19.6 Å². The predicted octanol–water partition coefficient (Wildman–Crippen LogP) is 9.93. The van der Waals surface area contributed by atoms with Crippen molar-refractivity contribution in [2.75, 3.05) is 14.2 Å². The van der Waals surface area contributed by atoms with Crippen LogP contribution in [0.4, 0.5) is 39.5 Å². The summed E-state index contributed by atoms with van der Waals surface area (Å²) >= 11 is 12.2. The highest BCUT2D eigenvalue weighted by Gasteiger charge is 2.49. The van der Waals surface area contributed by atoms with Gasteiger partial charge in [0, 0.05) is 11.1 Å². The van der Waals surface area contributed by atoms with Crippen molar-refractivity contribution >= 4 is 45.3 Å². The number of rotatable bonds is 8. The fourth-order valence-corrected chi connectivity index (χ4v) is 6.14. The minimum atomic E-state index is -6.16. The van der Waals surface area contributed by atoms with Crippen molar-refractivity contribution in [2.24, 2.45) is 0 Å². The van der Waals surface area contributed by atoms with E-state index in [1.54, 1.807) is 12.1 Å². The van der Waals surface area contributed by atoms with Gasteiger partial charge in [0.2, 0.25) is 0 Å². The molecule has 0 bridgehead atoms. The lowest BCUT2D eigenvalue weighted by Crippen LogP contribution is -2.28. The fraction of sp³-hybridized carbons (Fsp3) is 0.135. The molecule has 0 fully saturated rings. The first-order valence-electron chi connectivity index (χ1n) is 16.4. The molecule has 4 aromatic carbocycles. The number of nitrogens with zero attached hydrogens (tertiary/aromatic N) is 4. The maximum atomic E-state index is 13.4. The number of phenolic OH excluding ortho intramolecular Hbond substituents is 1.